The van der Waals surface area contributed by atoms with Gasteiger partial charge in [0.05, 0.1) is 5.41 Å². The molecule has 0 radical (unpaired) electrons. The van der Waals surface area contributed by atoms with Crippen LogP contribution in [-0.2, 0) is 10.2 Å². The van der Waals surface area contributed by atoms with Gasteiger partial charge in [0, 0.05) is 4.91 Å². The fourth-order valence-corrected chi connectivity index (χ4v) is 1.14. The molecule has 0 aliphatic carbocycles. The third kappa shape index (κ3) is 1.92. The summed E-state index contributed by atoms with van der Waals surface area (Å²) in [5.74, 6) is -0.466. The number of rotatable bonds is 2. The highest BCUT2D eigenvalue weighted by Gasteiger charge is 2.28. The van der Waals surface area contributed by atoms with Crippen molar-refractivity contribution in [3.05, 3.63) is 46.3 Å². The number of azide groups is 1. The summed E-state index contributed by atoms with van der Waals surface area (Å²) in [5, 5.41) is 3.11. The molecule has 0 spiro atoms. The van der Waals surface area contributed by atoms with Gasteiger partial charge in [-0.05, 0) is 30.1 Å². The second kappa shape index (κ2) is 3.94. The smallest absolute Gasteiger partial charge is 0.228 e. The molecule has 14 heavy (non-hydrogen) atoms. The van der Waals surface area contributed by atoms with Crippen LogP contribution in [0.5, 0.6) is 0 Å². The van der Waals surface area contributed by atoms with Gasteiger partial charge >= 0.3 is 0 Å². The Morgan fingerprint density at radius 2 is 1.93 bits per heavy atom. The summed E-state index contributed by atoms with van der Waals surface area (Å²) in [6.45, 7) is 3.47. The van der Waals surface area contributed by atoms with Gasteiger partial charge in [-0.15, -0.1) is 0 Å². The van der Waals surface area contributed by atoms with E-state index >= 15 is 0 Å². The standard InChI is InChI=1S/C10H11N3O/c1-10(2,9(14)12-13-11)8-6-4-3-5-7-8/h3-7H,1-2H3. The molecule has 0 N–H and O–H groups in total. The highest BCUT2D eigenvalue weighted by atomic mass is 16.2. The molecule has 4 nitrogen and oxygen atoms in total. The van der Waals surface area contributed by atoms with E-state index in [1.54, 1.807) is 13.8 Å². The van der Waals surface area contributed by atoms with Crippen LogP contribution in [0.2, 0.25) is 0 Å². The van der Waals surface area contributed by atoms with E-state index in [-0.39, 0.29) is 0 Å². The van der Waals surface area contributed by atoms with Crippen LogP contribution in [-0.4, -0.2) is 5.91 Å². The van der Waals surface area contributed by atoms with E-state index in [4.69, 9.17) is 5.53 Å². The average Bonchev–Trinajstić information content (AvgIpc) is 2.19. The molecule has 0 atom stereocenters. The van der Waals surface area contributed by atoms with Crippen LogP contribution in [0, 0.1) is 0 Å². The minimum atomic E-state index is -0.756. The van der Waals surface area contributed by atoms with Crippen molar-refractivity contribution in [1.82, 2.24) is 0 Å². The third-order valence-electron chi connectivity index (χ3n) is 2.17. The molecule has 0 heterocycles. The third-order valence-corrected chi connectivity index (χ3v) is 2.17. The molecule has 4 heteroatoms. The van der Waals surface area contributed by atoms with Crippen molar-refractivity contribution >= 4 is 5.91 Å². The lowest BCUT2D eigenvalue weighted by Gasteiger charge is -2.20. The first-order valence-corrected chi connectivity index (χ1v) is 4.24. The van der Waals surface area contributed by atoms with E-state index in [1.807, 2.05) is 30.3 Å². The first-order valence-electron chi connectivity index (χ1n) is 4.24. The van der Waals surface area contributed by atoms with Crippen LogP contribution in [0.15, 0.2) is 35.4 Å². The van der Waals surface area contributed by atoms with Crippen LogP contribution < -0.4 is 0 Å². The second-order valence-corrected chi connectivity index (χ2v) is 3.49. The van der Waals surface area contributed by atoms with Crippen molar-refractivity contribution in [3.63, 3.8) is 0 Å². The van der Waals surface area contributed by atoms with Crippen LogP contribution in [0.4, 0.5) is 0 Å². The number of hydrogen-bond donors (Lipinski definition) is 0. The molecule has 1 aromatic carbocycles. The van der Waals surface area contributed by atoms with Gasteiger partial charge in [0.2, 0.25) is 5.91 Å². The van der Waals surface area contributed by atoms with Crippen molar-refractivity contribution < 1.29 is 4.79 Å². The number of benzene rings is 1. The Balaban J connectivity index is 3.08. The van der Waals surface area contributed by atoms with Crippen molar-refractivity contribution in [2.24, 2.45) is 5.11 Å². The summed E-state index contributed by atoms with van der Waals surface area (Å²) < 4.78 is 0. The number of carbonyl (C=O) groups excluding carboxylic acids is 1. The lowest BCUT2D eigenvalue weighted by atomic mass is 9.84. The summed E-state index contributed by atoms with van der Waals surface area (Å²) in [7, 11) is 0. The van der Waals surface area contributed by atoms with Crippen LogP contribution in [0.3, 0.4) is 0 Å². The van der Waals surface area contributed by atoms with Crippen molar-refractivity contribution in [3.8, 4) is 0 Å². The molecule has 1 rings (SSSR count). The van der Waals surface area contributed by atoms with Gasteiger partial charge in [0.15, 0.2) is 0 Å². The maximum absolute atomic E-state index is 11.4. The lowest BCUT2D eigenvalue weighted by molar-refractivity contribution is -0.122. The quantitative estimate of drug-likeness (QED) is 0.400. The van der Waals surface area contributed by atoms with Gasteiger partial charge in [-0.1, -0.05) is 30.3 Å². The highest BCUT2D eigenvalue weighted by molar-refractivity contribution is 5.87. The van der Waals surface area contributed by atoms with Crippen LogP contribution >= 0.6 is 0 Å². The van der Waals surface area contributed by atoms with E-state index < -0.39 is 11.3 Å². The predicted octanol–water partition coefficient (Wildman–Crippen LogP) is 2.80. The fourth-order valence-electron chi connectivity index (χ4n) is 1.14. The molecule has 0 fully saturated rings. The van der Waals surface area contributed by atoms with E-state index in [0.717, 1.165) is 5.56 Å². The molecule has 0 saturated carbocycles. The van der Waals surface area contributed by atoms with Gasteiger partial charge in [-0.2, -0.15) is 0 Å². The minimum Gasteiger partial charge on any atom is -0.292 e. The van der Waals surface area contributed by atoms with Crippen molar-refractivity contribution in [2.45, 2.75) is 19.3 Å². The highest BCUT2D eigenvalue weighted by Crippen LogP contribution is 2.24. The molecular formula is C10H11N3O. The first-order chi connectivity index (χ1) is 6.59. The summed E-state index contributed by atoms with van der Waals surface area (Å²) in [5.41, 5.74) is 8.27. The van der Waals surface area contributed by atoms with E-state index in [1.165, 1.54) is 0 Å². The Labute approximate surface area is 82.2 Å². The summed E-state index contributed by atoms with van der Waals surface area (Å²) >= 11 is 0. The zero-order valence-corrected chi connectivity index (χ0v) is 8.14. The van der Waals surface area contributed by atoms with Crippen LogP contribution in [0.1, 0.15) is 19.4 Å². The molecule has 0 unspecified atom stereocenters. The molecule has 1 amide bonds. The van der Waals surface area contributed by atoms with Crippen LogP contribution in [0.25, 0.3) is 10.4 Å². The molecular weight excluding hydrogens is 178 g/mol. The van der Waals surface area contributed by atoms with E-state index in [2.05, 4.69) is 10.0 Å². The zero-order valence-electron chi connectivity index (χ0n) is 8.14. The monoisotopic (exact) mass is 189 g/mol. The second-order valence-electron chi connectivity index (χ2n) is 3.49. The lowest BCUT2D eigenvalue weighted by Crippen LogP contribution is -2.26. The molecule has 0 aliphatic rings. The van der Waals surface area contributed by atoms with Gasteiger partial charge in [0.25, 0.3) is 0 Å². The number of carbonyl (C=O) groups is 1. The molecule has 0 bridgehead atoms. The Bertz CT molecular complexity index is 378. The largest absolute Gasteiger partial charge is 0.292 e. The molecule has 0 saturated heterocycles. The molecule has 0 aliphatic heterocycles. The number of nitrogens with zero attached hydrogens (tertiary/aromatic N) is 3. The fraction of sp³-hybridized carbons (Fsp3) is 0.300. The Kier molecular flexibility index (Phi) is 2.89. The maximum Gasteiger partial charge on any atom is 0.228 e. The molecule has 1 aromatic rings. The SMILES string of the molecule is CC(C)(C(=O)N=[N+]=[N-])c1ccccc1. The molecule has 72 valence electrons. The zero-order chi connectivity index (χ0) is 10.6. The predicted molar refractivity (Wildman–Crippen MR) is 53.6 cm³/mol. The number of hydrogen-bond acceptors (Lipinski definition) is 1. The molecule has 0 aromatic heterocycles. The van der Waals surface area contributed by atoms with Crippen molar-refractivity contribution in [2.75, 3.05) is 0 Å². The van der Waals surface area contributed by atoms with Crippen molar-refractivity contribution in [1.29, 1.82) is 0 Å². The van der Waals surface area contributed by atoms with Gasteiger partial charge in [0.1, 0.15) is 0 Å². The van der Waals surface area contributed by atoms with Gasteiger partial charge in [-0.3, -0.25) is 4.79 Å². The van der Waals surface area contributed by atoms with Gasteiger partial charge in [-0.25, -0.2) is 0 Å². The van der Waals surface area contributed by atoms with Gasteiger partial charge < -0.3 is 0 Å². The maximum atomic E-state index is 11.4. The normalized spacial score (nSPS) is 10.4. The first kappa shape index (κ1) is 10.3. The Hall–Kier alpha value is -1.80. The average molecular weight is 189 g/mol. The minimum absolute atomic E-state index is 0.466. The van der Waals surface area contributed by atoms with E-state index in [0.29, 0.717) is 0 Å². The summed E-state index contributed by atoms with van der Waals surface area (Å²) in [4.78, 5) is 13.9. The summed E-state index contributed by atoms with van der Waals surface area (Å²) in [6, 6.07) is 9.24. The Morgan fingerprint density at radius 1 is 1.36 bits per heavy atom. The summed E-state index contributed by atoms with van der Waals surface area (Å²) in [6.07, 6.45) is 0. The number of amides is 1. The van der Waals surface area contributed by atoms with E-state index in [9.17, 15) is 4.79 Å². The topological polar surface area (TPSA) is 65.8 Å². The Morgan fingerprint density at radius 3 is 2.43 bits per heavy atom.